The summed E-state index contributed by atoms with van der Waals surface area (Å²) in [5, 5.41) is 9.34. The van der Waals surface area contributed by atoms with Crippen LogP contribution in [-0.4, -0.2) is 27.1 Å². The molecule has 0 aliphatic heterocycles. The average molecular weight is 341 g/mol. The molecule has 0 saturated heterocycles. The second-order valence-corrected chi connectivity index (χ2v) is 7.95. The molecule has 2 rings (SSSR count). The number of nitrogens with zero attached hydrogens (tertiary/aromatic N) is 3. The van der Waals surface area contributed by atoms with Crippen molar-refractivity contribution in [2.45, 2.75) is 25.5 Å². The predicted molar refractivity (Wildman–Crippen MR) is 95.5 cm³/mol. The molecule has 0 aliphatic carbocycles. The summed E-state index contributed by atoms with van der Waals surface area (Å²) in [7, 11) is 1.58. The molecule has 6 heteroatoms. The summed E-state index contributed by atoms with van der Waals surface area (Å²) >= 11 is -1.48. The summed E-state index contributed by atoms with van der Waals surface area (Å²) < 4.78 is 21.7. The number of methoxy groups -OCH3 is 1. The first-order valence-electron chi connectivity index (χ1n) is 7.37. The van der Waals surface area contributed by atoms with E-state index in [1.165, 1.54) is 0 Å². The van der Waals surface area contributed by atoms with E-state index in [1.807, 2.05) is 39.0 Å². The highest BCUT2D eigenvalue weighted by Crippen LogP contribution is 2.23. The lowest BCUT2D eigenvalue weighted by molar-refractivity contribution is 0.414. The smallest absolute Gasteiger partial charge is 0.150 e. The number of hydrogen-bond acceptors (Lipinski definition) is 5. The molecule has 0 N–H and O–H groups in total. The summed E-state index contributed by atoms with van der Waals surface area (Å²) in [5.41, 5.74) is 1.97. The van der Waals surface area contributed by atoms with Gasteiger partial charge in [0.05, 0.1) is 7.11 Å². The van der Waals surface area contributed by atoms with Gasteiger partial charge in [-0.1, -0.05) is 16.5 Å². The molecule has 124 valence electrons. The van der Waals surface area contributed by atoms with Gasteiger partial charge in [0.15, 0.2) is 0 Å². The molecule has 0 saturated carbocycles. The Labute approximate surface area is 145 Å². The SMILES string of the molecule is COc1cccc(/C(=N/[S+]([O-])C(C)(C)C)c2cccnc2C#N)c1. The molecule has 1 aromatic heterocycles. The third-order valence-corrected chi connectivity index (χ3v) is 4.61. The Balaban J connectivity index is 2.66. The molecule has 0 spiro atoms. The number of nitriles is 1. The van der Waals surface area contributed by atoms with Crippen molar-refractivity contribution in [3.05, 3.63) is 59.4 Å². The minimum Gasteiger partial charge on any atom is -0.591 e. The molecule has 2 aromatic rings. The first kappa shape index (κ1) is 18.0. The Bertz CT molecular complexity index is 791. The van der Waals surface area contributed by atoms with Gasteiger partial charge in [-0.3, -0.25) is 0 Å². The fourth-order valence-corrected chi connectivity index (χ4v) is 2.58. The van der Waals surface area contributed by atoms with Crippen molar-refractivity contribution in [1.29, 1.82) is 5.26 Å². The second kappa shape index (κ2) is 7.47. The minimum atomic E-state index is -1.48. The molecule has 0 amide bonds. The van der Waals surface area contributed by atoms with Crippen LogP contribution in [0.2, 0.25) is 0 Å². The van der Waals surface area contributed by atoms with E-state index < -0.39 is 16.1 Å². The van der Waals surface area contributed by atoms with E-state index in [-0.39, 0.29) is 5.69 Å². The summed E-state index contributed by atoms with van der Waals surface area (Å²) in [5.74, 6) is 0.657. The summed E-state index contributed by atoms with van der Waals surface area (Å²) in [6, 6.07) is 12.8. The van der Waals surface area contributed by atoms with Crippen molar-refractivity contribution in [3.63, 3.8) is 0 Å². The molecule has 24 heavy (non-hydrogen) atoms. The van der Waals surface area contributed by atoms with Crippen LogP contribution in [0.4, 0.5) is 0 Å². The first-order chi connectivity index (χ1) is 11.4. The van der Waals surface area contributed by atoms with Crippen LogP contribution in [0.25, 0.3) is 0 Å². The topological polar surface area (TPSA) is 81.3 Å². The Morgan fingerprint density at radius 2 is 2.04 bits per heavy atom. The van der Waals surface area contributed by atoms with Gasteiger partial charge in [0, 0.05) is 17.3 Å². The zero-order valence-electron chi connectivity index (χ0n) is 14.1. The van der Waals surface area contributed by atoms with Crippen molar-refractivity contribution in [2.75, 3.05) is 7.11 Å². The number of pyridine rings is 1. The molecule has 0 bridgehead atoms. The molecular weight excluding hydrogens is 322 g/mol. The number of aromatic nitrogens is 1. The van der Waals surface area contributed by atoms with E-state index in [2.05, 4.69) is 15.5 Å². The summed E-state index contributed by atoms with van der Waals surface area (Å²) in [6.45, 7) is 5.55. The lowest BCUT2D eigenvalue weighted by Crippen LogP contribution is -2.27. The maximum atomic E-state index is 12.6. The Hall–Kier alpha value is -2.36. The Morgan fingerprint density at radius 3 is 2.67 bits per heavy atom. The first-order valence-corrected chi connectivity index (χ1v) is 8.48. The van der Waals surface area contributed by atoms with E-state index in [0.717, 1.165) is 5.56 Å². The molecule has 1 heterocycles. The fraction of sp³-hybridized carbons (Fsp3) is 0.278. The highest BCUT2D eigenvalue weighted by molar-refractivity contribution is 7.91. The van der Waals surface area contributed by atoms with Gasteiger partial charge >= 0.3 is 0 Å². The summed E-state index contributed by atoms with van der Waals surface area (Å²) in [4.78, 5) is 4.08. The highest BCUT2D eigenvalue weighted by Gasteiger charge is 2.28. The maximum absolute atomic E-state index is 12.6. The normalized spacial score (nSPS) is 13.2. The molecule has 0 fully saturated rings. The number of rotatable bonds is 4. The molecule has 1 aromatic carbocycles. The molecular formula is C18H19N3O2S. The number of hydrogen-bond donors (Lipinski definition) is 0. The van der Waals surface area contributed by atoms with Crippen LogP contribution >= 0.6 is 0 Å². The van der Waals surface area contributed by atoms with Crippen LogP contribution in [0.1, 0.15) is 37.6 Å². The van der Waals surface area contributed by atoms with Crippen LogP contribution in [0.15, 0.2) is 47.0 Å². The van der Waals surface area contributed by atoms with E-state index in [0.29, 0.717) is 17.0 Å². The van der Waals surface area contributed by atoms with Crippen molar-refractivity contribution >= 4 is 17.1 Å². The van der Waals surface area contributed by atoms with Gasteiger partial charge in [0.25, 0.3) is 0 Å². The molecule has 0 radical (unpaired) electrons. The van der Waals surface area contributed by atoms with Crippen LogP contribution in [0.5, 0.6) is 5.75 Å². The minimum absolute atomic E-state index is 0.241. The molecule has 1 unspecified atom stereocenters. The quantitative estimate of drug-likeness (QED) is 0.631. The second-order valence-electron chi connectivity index (χ2n) is 6.04. The largest absolute Gasteiger partial charge is 0.591 e. The molecule has 1 atom stereocenters. The van der Waals surface area contributed by atoms with Crippen LogP contribution in [0.3, 0.4) is 0 Å². The van der Waals surface area contributed by atoms with Crippen molar-refractivity contribution in [3.8, 4) is 11.8 Å². The van der Waals surface area contributed by atoms with Crippen molar-refractivity contribution in [1.82, 2.24) is 4.98 Å². The van der Waals surface area contributed by atoms with Gasteiger partial charge in [0.2, 0.25) is 0 Å². The standard InChI is InChI=1S/C18H19N3O2S/c1-18(2,3)24(22)21-17(13-7-5-8-14(11-13)23-4)15-9-6-10-20-16(15)12-19/h5-11H,1-4H3/b21-17-. The number of ether oxygens (including phenoxy) is 1. The predicted octanol–water partition coefficient (Wildman–Crippen LogP) is 3.26. The van der Waals surface area contributed by atoms with Crippen LogP contribution in [-0.2, 0) is 11.4 Å². The van der Waals surface area contributed by atoms with Gasteiger partial charge in [-0.25, -0.2) is 4.98 Å². The fourth-order valence-electron chi connectivity index (χ4n) is 1.93. The van der Waals surface area contributed by atoms with Crippen LogP contribution in [0, 0.1) is 11.3 Å². The molecule has 0 aliphatic rings. The van der Waals surface area contributed by atoms with E-state index in [4.69, 9.17) is 4.74 Å². The third-order valence-electron chi connectivity index (χ3n) is 3.21. The van der Waals surface area contributed by atoms with Gasteiger partial charge < -0.3 is 9.29 Å². The van der Waals surface area contributed by atoms with E-state index in [1.54, 1.807) is 31.5 Å². The van der Waals surface area contributed by atoms with Gasteiger partial charge in [0.1, 0.15) is 39.3 Å². The van der Waals surface area contributed by atoms with E-state index in [9.17, 15) is 9.81 Å². The Morgan fingerprint density at radius 1 is 1.29 bits per heavy atom. The Kier molecular flexibility index (Phi) is 5.60. The van der Waals surface area contributed by atoms with Crippen molar-refractivity contribution in [2.24, 2.45) is 4.40 Å². The average Bonchev–Trinajstić information content (AvgIpc) is 2.58. The lowest BCUT2D eigenvalue weighted by Gasteiger charge is -2.19. The third kappa shape index (κ3) is 4.13. The molecule has 5 nitrogen and oxygen atoms in total. The van der Waals surface area contributed by atoms with Gasteiger partial charge in [-0.2, -0.15) is 5.26 Å². The zero-order chi connectivity index (χ0) is 17.7. The lowest BCUT2D eigenvalue weighted by atomic mass is 10.0. The van der Waals surface area contributed by atoms with E-state index >= 15 is 0 Å². The van der Waals surface area contributed by atoms with Crippen molar-refractivity contribution < 1.29 is 9.29 Å². The number of benzene rings is 1. The summed E-state index contributed by atoms with van der Waals surface area (Å²) in [6.07, 6.45) is 1.55. The highest BCUT2D eigenvalue weighted by atomic mass is 32.2. The maximum Gasteiger partial charge on any atom is 0.150 e. The zero-order valence-corrected chi connectivity index (χ0v) is 14.9. The monoisotopic (exact) mass is 341 g/mol. The van der Waals surface area contributed by atoms with Gasteiger partial charge in [-0.15, -0.1) is 0 Å². The van der Waals surface area contributed by atoms with Gasteiger partial charge in [-0.05, 0) is 45.0 Å². The van der Waals surface area contributed by atoms with Crippen LogP contribution < -0.4 is 4.74 Å².